The number of nitrogens with one attached hydrogen (secondary N) is 1. The van der Waals surface area contributed by atoms with Crippen molar-refractivity contribution in [2.75, 3.05) is 11.5 Å². The summed E-state index contributed by atoms with van der Waals surface area (Å²) in [5.74, 6) is -0.391. The molecular weight excluding hydrogens is 483 g/mol. The van der Waals surface area contributed by atoms with Gasteiger partial charge in [0.2, 0.25) is 0 Å². The number of sulfone groups is 1. The summed E-state index contributed by atoms with van der Waals surface area (Å²) in [6.07, 6.45) is 3.50. The lowest BCUT2D eigenvalue weighted by Gasteiger charge is -2.14. The number of benzene rings is 2. The Labute approximate surface area is 200 Å². The van der Waals surface area contributed by atoms with Crippen molar-refractivity contribution in [3.8, 4) is 22.4 Å². The fourth-order valence-corrected chi connectivity index (χ4v) is 6.06. The van der Waals surface area contributed by atoms with Crippen LogP contribution in [0, 0.1) is 0 Å². The number of amides is 1. The van der Waals surface area contributed by atoms with Crippen molar-refractivity contribution >= 4 is 44.6 Å². The Morgan fingerprint density at radius 1 is 1.03 bits per heavy atom. The minimum absolute atomic E-state index is 0.0575. The van der Waals surface area contributed by atoms with Gasteiger partial charge < -0.3 is 5.32 Å². The first kappa shape index (κ1) is 21.9. The molecule has 7 nitrogen and oxygen atoms in total. The zero-order chi connectivity index (χ0) is 23.2. The van der Waals surface area contributed by atoms with E-state index >= 15 is 0 Å². The van der Waals surface area contributed by atoms with Crippen LogP contribution in [0.2, 0.25) is 10.0 Å². The zero-order valence-electron chi connectivity index (χ0n) is 17.2. The topological polar surface area (TPSA) is 93.4 Å². The average Bonchev–Trinajstić information content (AvgIpc) is 3.37. The van der Waals surface area contributed by atoms with Crippen LogP contribution >= 0.6 is 23.2 Å². The number of halogens is 2. The fourth-order valence-electron chi connectivity index (χ4n) is 4.03. The van der Waals surface area contributed by atoms with Gasteiger partial charge in [-0.1, -0.05) is 53.5 Å². The zero-order valence-corrected chi connectivity index (χ0v) is 19.5. The monoisotopic (exact) mass is 500 g/mol. The summed E-state index contributed by atoms with van der Waals surface area (Å²) in [5, 5.41) is 8.41. The molecule has 1 aliphatic rings. The number of hydrogen-bond donors (Lipinski definition) is 1. The molecule has 10 heteroatoms. The second kappa shape index (κ2) is 8.44. The summed E-state index contributed by atoms with van der Waals surface area (Å²) in [5.41, 5.74) is 3.66. The molecule has 0 bridgehead atoms. The van der Waals surface area contributed by atoms with Crippen LogP contribution in [0.15, 0.2) is 60.9 Å². The van der Waals surface area contributed by atoms with Gasteiger partial charge in [0.05, 0.1) is 23.4 Å². The van der Waals surface area contributed by atoms with Crippen molar-refractivity contribution in [1.82, 2.24) is 19.9 Å². The first-order chi connectivity index (χ1) is 15.8. The molecule has 0 spiro atoms. The van der Waals surface area contributed by atoms with Gasteiger partial charge >= 0.3 is 0 Å². The van der Waals surface area contributed by atoms with Gasteiger partial charge in [-0.25, -0.2) is 17.9 Å². The summed E-state index contributed by atoms with van der Waals surface area (Å²) < 4.78 is 25.1. The van der Waals surface area contributed by atoms with Crippen LogP contribution in [-0.2, 0) is 9.84 Å². The molecule has 2 aromatic carbocycles. The van der Waals surface area contributed by atoms with Gasteiger partial charge in [-0.05, 0) is 24.6 Å². The molecular formula is C23H18Cl2N4O3S. The van der Waals surface area contributed by atoms with E-state index in [1.165, 1.54) is 6.20 Å². The molecule has 1 atom stereocenters. The van der Waals surface area contributed by atoms with E-state index in [1.54, 1.807) is 28.9 Å². The molecule has 33 heavy (non-hydrogen) atoms. The van der Waals surface area contributed by atoms with E-state index in [-0.39, 0.29) is 17.1 Å². The second-order valence-electron chi connectivity index (χ2n) is 7.87. The maximum absolute atomic E-state index is 13.0. The molecule has 1 N–H and O–H groups in total. The molecule has 0 aliphatic carbocycles. The van der Waals surface area contributed by atoms with Crippen molar-refractivity contribution in [3.05, 3.63) is 76.5 Å². The Morgan fingerprint density at radius 3 is 2.48 bits per heavy atom. The maximum Gasteiger partial charge on any atom is 0.257 e. The van der Waals surface area contributed by atoms with Gasteiger partial charge in [0.1, 0.15) is 5.56 Å². The summed E-state index contributed by atoms with van der Waals surface area (Å²) in [6.45, 7) is 0. The third kappa shape index (κ3) is 4.21. The van der Waals surface area contributed by atoms with Gasteiger partial charge in [-0.15, -0.1) is 0 Å². The first-order valence-electron chi connectivity index (χ1n) is 10.2. The van der Waals surface area contributed by atoms with Crippen molar-refractivity contribution in [1.29, 1.82) is 0 Å². The van der Waals surface area contributed by atoms with E-state index < -0.39 is 21.8 Å². The molecule has 168 valence electrons. The van der Waals surface area contributed by atoms with E-state index in [9.17, 15) is 13.2 Å². The number of hydrogen-bond acceptors (Lipinski definition) is 5. The van der Waals surface area contributed by atoms with Crippen molar-refractivity contribution in [2.45, 2.75) is 12.5 Å². The molecule has 0 radical (unpaired) electrons. The maximum atomic E-state index is 13.0. The van der Waals surface area contributed by atoms with Gasteiger partial charge in [-0.3, -0.25) is 4.79 Å². The fraction of sp³-hybridized carbons (Fsp3) is 0.174. The SMILES string of the molecule is O=C(N[C@@H]1CCS(=O)(=O)C1)c1cnn2c(-c3ccc(Cl)cc3)c(-c3ccccc3Cl)cnc12. The largest absolute Gasteiger partial charge is 0.348 e. The minimum atomic E-state index is -3.11. The summed E-state index contributed by atoms with van der Waals surface area (Å²) in [6, 6.07) is 14.3. The number of carbonyl (C=O) groups is 1. The highest BCUT2D eigenvalue weighted by atomic mass is 35.5. The molecule has 0 saturated carbocycles. The normalized spacial score (nSPS) is 17.3. The van der Waals surface area contributed by atoms with Gasteiger partial charge in [0, 0.05) is 39.0 Å². The minimum Gasteiger partial charge on any atom is -0.348 e. The number of aromatic nitrogens is 3. The molecule has 1 amide bonds. The summed E-state index contributed by atoms with van der Waals surface area (Å²) >= 11 is 12.6. The molecule has 5 rings (SSSR count). The Kier molecular flexibility index (Phi) is 5.60. The summed E-state index contributed by atoms with van der Waals surface area (Å²) in [4.78, 5) is 17.5. The Hall–Kier alpha value is -2.94. The lowest BCUT2D eigenvalue weighted by atomic mass is 10.0. The van der Waals surface area contributed by atoms with Crippen molar-refractivity contribution < 1.29 is 13.2 Å². The van der Waals surface area contributed by atoms with E-state index in [0.717, 1.165) is 16.7 Å². The second-order valence-corrected chi connectivity index (χ2v) is 10.9. The van der Waals surface area contributed by atoms with Crippen LogP contribution < -0.4 is 5.32 Å². The van der Waals surface area contributed by atoms with Crippen LogP contribution in [-0.4, -0.2) is 46.5 Å². The van der Waals surface area contributed by atoms with Crippen LogP contribution in [0.3, 0.4) is 0 Å². The van der Waals surface area contributed by atoms with E-state index in [0.29, 0.717) is 27.8 Å². The third-order valence-electron chi connectivity index (χ3n) is 5.62. The van der Waals surface area contributed by atoms with Gasteiger partial charge in [-0.2, -0.15) is 5.10 Å². The number of rotatable bonds is 4. The first-order valence-corrected chi connectivity index (χ1v) is 12.8. The molecule has 1 fully saturated rings. The Bertz CT molecular complexity index is 1480. The number of nitrogens with zero attached hydrogens (tertiary/aromatic N) is 3. The van der Waals surface area contributed by atoms with Gasteiger partial charge in [0.15, 0.2) is 15.5 Å². The van der Waals surface area contributed by atoms with Crippen LogP contribution in [0.4, 0.5) is 0 Å². The average molecular weight is 501 g/mol. The molecule has 1 aliphatic heterocycles. The quantitative estimate of drug-likeness (QED) is 0.451. The highest BCUT2D eigenvalue weighted by molar-refractivity contribution is 7.91. The third-order valence-corrected chi connectivity index (χ3v) is 7.97. The van der Waals surface area contributed by atoms with Gasteiger partial charge in [0.25, 0.3) is 5.91 Å². The highest BCUT2D eigenvalue weighted by Gasteiger charge is 2.30. The van der Waals surface area contributed by atoms with Crippen molar-refractivity contribution in [2.24, 2.45) is 0 Å². The van der Waals surface area contributed by atoms with Crippen LogP contribution in [0.1, 0.15) is 16.8 Å². The number of carbonyl (C=O) groups excluding carboxylic acids is 1. The molecule has 0 unspecified atom stereocenters. The highest BCUT2D eigenvalue weighted by Crippen LogP contribution is 2.36. The van der Waals surface area contributed by atoms with E-state index in [1.807, 2.05) is 30.3 Å². The van der Waals surface area contributed by atoms with Crippen LogP contribution in [0.5, 0.6) is 0 Å². The lowest BCUT2D eigenvalue weighted by Crippen LogP contribution is -2.35. The van der Waals surface area contributed by atoms with Crippen LogP contribution in [0.25, 0.3) is 28.0 Å². The molecule has 4 aromatic rings. The Morgan fingerprint density at radius 2 is 1.79 bits per heavy atom. The number of fused-ring (bicyclic) bond motifs is 1. The predicted octanol–water partition coefficient (Wildman–Crippen LogP) is 4.29. The predicted molar refractivity (Wildman–Crippen MR) is 128 cm³/mol. The van der Waals surface area contributed by atoms with E-state index in [2.05, 4.69) is 15.4 Å². The molecule has 1 saturated heterocycles. The van der Waals surface area contributed by atoms with E-state index in [4.69, 9.17) is 23.2 Å². The van der Waals surface area contributed by atoms with Crippen molar-refractivity contribution in [3.63, 3.8) is 0 Å². The molecule has 3 heterocycles. The molecule has 2 aromatic heterocycles. The standard InChI is InChI=1S/C23H18Cl2N4O3S/c24-15-7-5-14(6-8-15)21-18(17-3-1-2-4-20(17)25)11-26-22-19(12-27-29(21)22)23(30)28-16-9-10-33(31,32)13-16/h1-8,11-12,16H,9-10,13H2,(H,28,30)/t16-/m1/s1. The lowest BCUT2D eigenvalue weighted by molar-refractivity contribution is 0.0942. The summed E-state index contributed by atoms with van der Waals surface area (Å²) in [7, 11) is -3.11. The Balaban J connectivity index is 1.63. The smallest absolute Gasteiger partial charge is 0.257 e.